The maximum Gasteiger partial charge on any atom is 0.396 e. The van der Waals surface area contributed by atoms with Crippen LogP contribution in [0.15, 0.2) is 23.1 Å². The molecule has 0 aliphatic heterocycles. The first-order valence-corrected chi connectivity index (χ1v) is 6.80. The first-order valence-electron chi connectivity index (χ1n) is 4.91. The van der Waals surface area contributed by atoms with Gasteiger partial charge in [-0.05, 0) is 18.2 Å². The summed E-state index contributed by atoms with van der Waals surface area (Å²) in [5, 5.41) is 0. The summed E-state index contributed by atoms with van der Waals surface area (Å²) >= 11 is 0. The highest BCUT2D eigenvalue weighted by molar-refractivity contribution is 7.90. The van der Waals surface area contributed by atoms with Crippen LogP contribution in [0.4, 0.5) is 13.2 Å². The van der Waals surface area contributed by atoms with Gasteiger partial charge in [0, 0.05) is 6.26 Å². The van der Waals surface area contributed by atoms with Crippen molar-refractivity contribution in [2.75, 3.05) is 6.26 Å². The SMILES string of the molecule is CS(=O)(=O)c1ccc2nc(CC(F)(F)F)[nH]c2c1. The molecule has 4 nitrogen and oxygen atoms in total. The third-order valence-corrected chi connectivity index (χ3v) is 3.41. The maximum atomic E-state index is 12.2. The van der Waals surface area contributed by atoms with E-state index >= 15 is 0 Å². The molecule has 0 spiro atoms. The fraction of sp³-hybridized carbons (Fsp3) is 0.300. The number of halogens is 3. The Morgan fingerprint density at radius 1 is 1.33 bits per heavy atom. The van der Waals surface area contributed by atoms with Gasteiger partial charge >= 0.3 is 6.18 Å². The molecule has 0 amide bonds. The van der Waals surface area contributed by atoms with Gasteiger partial charge in [-0.2, -0.15) is 13.2 Å². The summed E-state index contributed by atoms with van der Waals surface area (Å²) in [7, 11) is -3.39. The fourth-order valence-electron chi connectivity index (χ4n) is 1.55. The Kier molecular flexibility index (Phi) is 2.84. The van der Waals surface area contributed by atoms with Crippen molar-refractivity contribution in [3.63, 3.8) is 0 Å². The molecule has 1 aromatic carbocycles. The lowest BCUT2D eigenvalue weighted by atomic mass is 10.3. The molecule has 0 radical (unpaired) electrons. The third-order valence-electron chi connectivity index (χ3n) is 2.30. The van der Waals surface area contributed by atoms with Crippen molar-refractivity contribution in [3.05, 3.63) is 24.0 Å². The van der Waals surface area contributed by atoms with Crippen molar-refractivity contribution in [2.24, 2.45) is 0 Å². The van der Waals surface area contributed by atoms with Crippen LogP contribution in [0.25, 0.3) is 11.0 Å². The van der Waals surface area contributed by atoms with Crippen molar-refractivity contribution >= 4 is 20.9 Å². The predicted molar refractivity (Wildman–Crippen MR) is 59.0 cm³/mol. The number of alkyl halides is 3. The number of aromatic amines is 1. The average molecular weight is 278 g/mol. The van der Waals surface area contributed by atoms with E-state index < -0.39 is 22.4 Å². The van der Waals surface area contributed by atoms with Crippen molar-refractivity contribution in [2.45, 2.75) is 17.5 Å². The standard InChI is InChI=1S/C10H9F3N2O2S/c1-18(16,17)6-2-3-7-8(4-6)15-9(14-7)5-10(11,12)13/h2-4H,5H2,1H3,(H,14,15). The van der Waals surface area contributed by atoms with E-state index in [1.54, 1.807) is 0 Å². The van der Waals surface area contributed by atoms with Crippen LogP contribution in [0.1, 0.15) is 5.82 Å². The van der Waals surface area contributed by atoms with E-state index in [1.165, 1.54) is 18.2 Å². The summed E-state index contributed by atoms with van der Waals surface area (Å²) in [5.74, 6) is -0.233. The van der Waals surface area contributed by atoms with Gasteiger partial charge in [0.1, 0.15) is 12.2 Å². The molecule has 0 saturated heterocycles. The maximum absolute atomic E-state index is 12.2. The largest absolute Gasteiger partial charge is 0.396 e. The van der Waals surface area contributed by atoms with E-state index in [0.717, 1.165) is 6.26 Å². The second-order valence-corrected chi connectivity index (χ2v) is 5.94. The Hall–Kier alpha value is -1.57. The van der Waals surface area contributed by atoms with Crippen LogP contribution in [-0.2, 0) is 16.3 Å². The summed E-state index contributed by atoms with van der Waals surface area (Å²) in [6.07, 6.45) is -4.50. The van der Waals surface area contributed by atoms with Crippen molar-refractivity contribution in [1.82, 2.24) is 9.97 Å². The molecule has 2 aromatic rings. The highest BCUT2D eigenvalue weighted by Gasteiger charge is 2.29. The van der Waals surface area contributed by atoms with E-state index in [0.29, 0.717) is 5.52 Å². The number of H-pyrrole nitrogens is 1. The number of hydrogen-bond acceptors (Lipinski definition) is 3. The van der Waals surface area contributed by atoms with Gasteiger partial charge < -0.3 is 4.98 Å². The zero-order chi connectivity index (χ0) is 13.6. The number of benzene rings is 1. The molecule has 0 bridgehead atoms. The van der Waals surface area contributed by atoms with Crippen LogP contribution < -0.4 is 0 Å². The Morgan fingerprint density at radius 2 is 2.00 bits per heavy atom. The van der Waals surface area contributed by atoms with Crippen LogP contribution in [-0.4, -0.2) is 30.8 Å². The van der Waals surface area contributed by atoms with Gasteiger partial charge in [-0.25, -0.2) is 13.4 Å². The van der Waals surface area contributed by atoms with Crippen molar-refractivity contribution < 1.29 is 21.6 Å². The molecule has 0 unspecified atom stereocenters. The molecular weight excluding hydrogens is 269 g/mol. The molecule has 2 rings (SSSR count). The first kappa shape index (κ1) is 12.9. The van der Waals surface area contributed by atoms with Gasteiger partial charge in [0.15, 0.2) is 9.84 Å². The third kappa shape index (κ3) is 2.81. The zero-order valence-corrected chi connectivity index (χ0v) is 10.1. The Labute approximate surface area is 101 Å². The monoisotopic (exact) mass is 278 g/mol. The van der Waals surface area contributed by atoms with E-state index in [-0.39, 0.29) is 16.2 Å². The van der Waals surface area contributed by atoms with Gasteiger partial charge in [-0.15, -0.1) is 0 Å². The molecule has 18 heavy (non-hydrogen) atoms. The smallest absolute Gasteiger partial charge is 0.342 e. The normalized spacial score (nSPS) is 13.1. The Morgan fingerprint density at radius 3 is 2.56 bits per heavy atom. The minimum Gasteiger partial charge on any atom is -0.342 e. The lowest BCUT2D eigenvalue weighted by molar-refractivity contribution is -0.128. The number of fused-ring (bicyclic) bond motifs is 1. The van der Waals surface area contributed by atoms with Gasteiger partial charge in [0.2, 0.25) is 0 Å². The number of nitrogens with zero attached hydrogens (tertiary/aromatic N) is 1. The number of aromatic nitrogens is 2. The minimum atomic E-state index is -4.35. The highest BCUT2D eigenvalue weighted by atomic mass is 32.2. The first-order chi connectivity index (χ1) is 8.15. The Bertz CT molecular complexity index is 689. The number of nitrogens with one attached hydrogen (secondary N) is 1. The van der Waals surface area contributed by atoms with Crippen molar-refractivity contribution in [1.29, 1.82) is 0 Å². The average Bonchev–Trinajstić information content (AvgIpc) is 2.53. The topological polar surface area (TPSA) is 62.8 Å². The summed E-state index contributed by atoms with van der Waals surface area (Å²) in [6.45, 7) is 0. The summed E-state index contributed by atoms with van der Waals surface area (Å²) in [5.41, 5.74) is 0.582. The number of sulfone groups is 1. The van der Waals surface area contributed by atoms with Crippen molar-refractivity contribution in [3.8, 4) is 0 Å². The molecule has 0 saturated carbocycles. The summed E-state index contributed by atoms with van der Waals surface area (Å²) in [6, 6.07) is 3.97. The quantitative estimate of drug-likeness (QED) is 0.914. The zero-order valence-electron chi connectivity index (χ0n) is 9.25. The molecule has 1 heterocycles. The minimum absolute atomic E-state index is 0.0391. The molecule has 1 N–H and O–H groups in total. The molecule has 0 aliphatic rings. The van der Waals surface area contributed by atoms with E-state index in [2.05, 4.69) is 9.97 Å². The summed E-state index contributed by atoms with van der Waals surface area (Å²) < 4.78 is 59.1. The molecular formula is C10H9F3N2O2S. The second-order valence-electron chi connectivity index (χ2n) is 3.93. The van der Waals surface area contributed by atoms with Gasteiger partial charge in [0.25, 0.3) is 0 Å². The predicted octanol–water partition coefficient (Wildman–Crippen LogP) is 2.07. The highest BCUT2D eigenvalue weighted by Crippen LogP contribution is 2.22. The van der Waals surface area contributed by atoms with Crippen LogP contribution in [0, 0.1) is 0 Å². The van der Waals surface area contributed by atoms with Crippen LogP contribution in [0.3, 0.4) is 0 Å². The van der Waals surface area contributed by atoms with Gasteiger partial charge in [0.05, 0.1) is 15.9 Å². The molecule has 0 atom stereocenters. The second kappa shape index (κ2) is 3.98. The molecule has 0 aliphatic carbocycles. The molecule has 1 aromatic heterocycles. The van der Waals surface area contributed by atoms with Crippen LogP contribution in [0.5, 0.6) is 0 Å². The van der Waals surface area contributed by atoms with Gasteiger partial charge in [-0.1, -0.05) is 0 Å². The lowest BCUT2D eigenvalue weighted by Crippen LogP contribution is -2.12. The van der Waals surface area contributed by atoms with Crippen LogP contribution >= 0.6 is 0 Å². The Balaban J connectivity index is 2.46. The molecule has 0 fully saturated rings. The number of hydrogen-bond donors (Lipinski definition) is 1. The summed E-state index contributed by atoms with van der Waals surface area (Å²) in [4.78, 5) is 6.26. The van der Waals surface area contributed by atoms with Crippen LogP contribution in [0.2, 0.25) is 0 Å². The fourth-order valence-corrected chi connectivity index (χ4v) is 2.19. The van der Waals surface area contributed by atoms with Gasteiger partial charge in [-0.3, -0.25) is 0 Å². The number of imidazole rings is 1. The lowest BCUT2D eigenvalue weighted by Gasteiger charge is -2.01. The number of rotatable bonds is 2. The molecule has 8 heteroatoms. The molecule has 98 valence electrons. The van der Waals surface area contributed by atoms with E-state index in [1.807, 2.05) is 0 Å². The van der Waals surface area contributed by atoms with E-state index in [9.17, 15) is 21.6 Å². The van der Waals surface area contributed by atoms with E-state index in [4.69, 9.17) is 0 Å².